The van der Waals surface area contributed by atoms with Crippen molar-refractivity contribution in [3.05, 3.63) is 35.9 Å². The average Bonchev–Trinajstić information content (AvgIpc) is 2.68. The van der Waals surface area contributed by atoms with E-state index in [0.717, 1.165) is 26.2 Å². The summed E-state index contributed by atoms with van der Waals surface area (Å²) < 4.78 is 0. The van der Waals surface area contributed by atoms with Crippen LogP contribution in [0.15, 0.2) is 30.3 Å². The Kier molecular flexibility index (Phi) is 4.37. The fourth-order valence-corrected chi connectivity index (χ4v) is 2.65. The van der Waals surface area contributed by atoms with E-state index in [2.05, 4.69) is 47.5 Å². The van der Waals surface area contributed by atoms with E-state index in [-0.39, 0.29) is 5.91 Å². The van der Waals surface area contributed by atoms with Gasteiger partial charge in [0.15, 0.2) is 0 Å². The normalized spacial score (nSPS) is 24.1. The Balaban J connectivity index is 1.84. The topological polar surface area (TPSA) is 32.3 Å². The van der Waals surface area contributed by atoms with Crippen molar-refractivity contribution in [2.24, 2.45) is 11.8 Å². The van der Waals surface area contributed by atoms with Crippen LogP contribution >= 0.6 is 0 Å². The number of rotatable bonds is 4. The van der Waals surface area contributed by atoms with Crippen molar-refractivity contribution in [3.8, 4) is 0 Å². The number of amides is 1. The smallest absolute Gasteiger partial charge is 0.216 e. The quantitative estimate of drug-likeness (QED) is 0.880. The van der Waals surface area contributed by atoms with E-state index in [1.807, 2.05) is 0 Å². The van der Waals surface area contributed by atoms with Gasteiger partial charge >= 0.3 is 0 Å². The van der Waals surface area contributed by atoms with Crippen molar-refractivity contribution < 1.29 is 4.79 Å². The molecule has 0 aromatic heterocycles. The standard InChI is InChI=1S/C15H22N2O/c1-12-9-17(10-14-6-4-3-5-7-14)11-15(12)8-16-13(2)18/h3-7,12,15H,8-11H2,1-2H3,(H,16,18)/t12-,15-/m1/s1. The second-order valence-corrected chi connectivity index (χ2v) is 5.35. The van der Waals surface area contributed by atoms with Gasteiger partial charge in [-0.3, -0.25) is 9.69 Å². The molecular weight excluding hydrogens is 224 g/mol. The van der Waals surface area contributed by atoms with Gasteiger partial charge < -0.3 is 5.32 Å². The zero-order valence-electron chi connectivity index (χ0n) is 11.2. The molecule has 1 fully saturated rings. The van der Waals surface area contributed by atoms with E-state index in [1.54, 1.807) is 6.92 Å². The van der Waals surface area contributed by atoms with Gasteiger partial charge in [-0.25, -0.2) is 0 Å². The zero-order valence-corrected chi connectivity index (χ0v) is 11.2. The fourth-order valence-electron chi connectivity index (χ4n) is 2.65. The van der Waals surface area contributed by atoms with Crippen LogP contribution in [0.2, 0.25) is 0 Å². The maximum absolute atomic E-state index is 11.0. The number of benzene rings is 1. The predicted molar refractivity (Wildman–Crippen MR) is 73.1 cm³/mol. The highest BCUT2D eigenvalue weighted by Gasteiger charge is 2.29. The summed E-state index contributed by atoms with van der Waals surface area (Å²) in [5.41, 5.74) is 1.37. The monoisotopic (exact) mass is 246 g/mol. The minimum atomic E-state index is 0.0729. The molecule has 1 amide bonds. The minimum Gasteiger partial charge on any atom is -0.356 e. The lowest BCUT2D eigenvalue weighted by Gasteiger charge is -2.16. The van der Waals surface area contributed by atoms with E-state index in [1.165, 1.54) is 5.56 Å². The molecule has 1 heterocycles. The molecule has 18 heavy (non-hydrogen) atoms. The van der Waals surface area contributed by atoms with Crippen LogP contribution in [-0.2, 0) is 11.3 Å². The Morgan fingerprint density at radius 1 is 1.33 bits per heavy atom. The number of nitrogens with zero attached hydrogens (tertiary/aromatic N) is 1. The highest BCUT2D eigenvalue weighted by atomic mass is 16.1. The number of hydrogen-bond donors (Lipinski definition) is 1. The molecule has 0 bridgehead atoms. The van der Waals surface area contributed by atoms with E-state index >= 15 is 0 Å². The van der Waals surface area contributed by atoms with Crippen LogP contribution in [-0.4, -0.2) is 30.4 Å². The Labute approximate surface area is 109 Å². The summed E-state index contributed by atoms with van der Waals surface area (Å²) in [6.07, 6.45) is 0. The molecule has 1 aromatic carbocycles. The van der Waals surface area contributed by atoms with Gasteiger partial charge in [0.05, 0.1) is 0 Å². The van der Waals surface area contributed by atoms with Gasteiger partial charge in [-0.1, -0.05) is 37.3 Å². The summed E-state index contributed by atoms with van der Waals surface area (Å²) in [5, 5.41) is 2.94. The second kappa shape index (κ2) is 6.01. The first-order chi connectivity index (χ1) is 8.65. The van der Waals surface area contributed by atoms with Crippen LogP contribution in [0.3, 0.4) is 0 Å². The molecule has 0 unspecified atom stereocenters. The molecule has 0 spiro atoms. The lowest BCUT2D eigenvalue weighted by molar-refractivity contribution is -0.119. The van der Waals surface area contributed by atoms with Crippen LogP contribution in [0.5, 0.6) is 0 Å². The molecule has 0 saturated carbocycles. The van der Waals surface area contributed by atoms with Gasteiger partial charge in [0, 0.05) is 33.1 Å². The first-order valence-corrected chi connectivity index (χ1v) is 6.66. The third-order valence-corrected chi connectivity index (χ3v) is 3.71. The fraction of sp³-hybridized carbons (Fsp3) is 0.533. The van der Waals surface area contributed by atoms with Crippen LogP contribution in [0.4, 0.5) is 0 Å². The highest BCUT2D eigenvalue weighted by molar-refractivity contribution is 5.72. The molecule has 98 valence electrons. The van der Waals surface area contributed by atoms with Crippen molar-refractivity contribution in [2.75, 3.05) is 19.6 Å². The molecular formula is C15H22N2O. The third-order valence-electron chi connectivity index (χ3n) is 3.71. The average molecular weight is 246 g/mol. The van der Waals surface area contributed by atoms with Crippen molar-refractivity contribution in [1.29, 1.82) is 0 Å². The number of likely N-dealkylation sites (tertiary alicyclic amines) is 1. The molecule has 1 saturated heterocycles. The van der Waals surface area contributed by atoms with Gasteiger partial charge in [0.1, 0.15) is 0 Å². The van der Waals surface area contributed by atoms with Gasteiger partial charge in [-0.05, 0) is 17.4 Å². The van der Waals surface area contributed by atoms with E-state index in [9.17, 15) is 4.79 Å². The second-order valence-electron chi connectivity index (χ2n) is 5.35. The first-order valence-electron chi connectivity index (χ1n) is 6.66. The van der Waals surface area contributed by atoms with Gasteiger partial charge in [0.25, 0.3) is 0 Å². The van der Waals surface area contributed by atoms with Crippen molar-refractivity contribution in [3.63, 3.8) is 0 Å². The van der Waals surface area contributed by atoms with Gasteiger partial charge in [-0.15, -0.1) is 0 Å². The molecule has 2 rings (SSSR count). The Morgan fingerprint density at radius 2 is 2.06 bits per heavy atom. The van der Waals surface area contributed by atoms with Crippen LogP contribution in [0.25, 0.3) is 0 Å². The number of carbonyl (C=O) groups is 1. The SMILES string of the molecule is CC(=O)NC[C@@H]1CN(Cc2ccccc2)C[C@H]1C. The van der Waals surface area contributed by atoms with Crippen molar-refractivity contribution in [2.45, 2.75) is 20.4 Å². The summed E-state index contributed by atoms with van der Waals surface area (Å²) in [4.78, 5) is 13.4. The maximum Gasteiger partial charge on any atom is 0.216 e. The first kappa shape index (κ1) is 13.1. The summed E-state index contributed by atoms with van der Waals surface area (Å²) >= 11 is 0. The zero-order chi connectivity index (χ0) is 13.0. The summed E-state index contributed by atoms with van der Waals surface area (Å²) in [6.45, 7) is 7.89. The molecule has 3 nitrogen and oxygen atoms in total. The molecule has 1 aliphatic rings. The molecule has 1 aliphatic heterocycles. The van der Waals surface area contributed by atoms with Crippen molar-refractivity contribution >= 4 is 5.91 Å². The van der Waals surface area contributed by atoms with Crippen LogP contribution < -0.4 is 5.32 Å². The van der Waals surface area contributed by atoms with Gasteiger partial charge in [-0.2, -0.15) is 0 Å². The Morgan fingerprint density at radius 3 is 2.72 bits per heavy atom. The van der Waals surface area contributed by atoms with E-state index in [0.29, 0.717) is 11.8 Å². The molecule has 0 aliphatic carbocycles. The lowest BCUT2D eigenvalue weighted by Crippen LogP contribution is -2.30. The Hall–Kier alpha value is -1.35. The van der Waals surface area contributed by atoms with Crippen LogP contribution in [0.1, 0.15) is 19.4 Å². The predicted octanol–water partition coefficient (Wildman–Crippen LogP) is 1.89. The molecule has 1 N–H and O–H groups in total. The highest BCUT2D eigenvalue weighted by Crippen LogP contribution is 2.23. The number of nitrogens with one attached hydrogen (secondary N) is 1. The largest absolute Gasteiger partial charge is 0.356 e. The van der Waals surface area contributed by atoms with E-state index < -0.39 is 0 Å². The molecule has 0 radical (unpaired) electrons. The summed E-state index contributed by atoms with van der Waals surface area (Å²) in [6, 6.07) is 10.6. The molecule has 1 aromatic rings. The lowest BCUT2D eigenvalue weighted by atomic mass is 9.98. The number of carbonyl (C=O) groups excluding carboxylic acids is 1. The van der Waals surface area contributed by atoms with Crippen LogP contribution in [0, 0.1) is 11.8 Å². The Bertz CT molecular complexity index is 391. The minimum absolute atomic E-state index is 0.0729. The van der Waals surface area contributed by atoms with Crippen molar-refractivity contribution in [1.82, 2.24) is 10.2 Å². The summed E-state index contributed by atoms with van der Waals surface area (Å²) in [7, 11) is 0. The number of hydrogen-bond acceptors (Lipinski definition) is 2. The third kappa shape index (κ3) is 3.57. The molecule has 3 heteroatoms. The van der Waals surface area contributed by atoms with Gasteiger partial charge in [0.2, 0.25) is 5.91 Å². The maximum atomic E-state index is 11.0. The van der Waals surface area contributed by atoms with E-state index in [4.69, 9.17) is 0 Å². The summed E-state index contributed by atoms with van der Waals surface area (Å²) in [5.74, 6) is 1.31. The molecule has 2 atom stereocenters.